The summed E-state index contributed by atoms with van der Waals surface area (Å²) in [4.78, 5) is 26.0. The van der Waals surface area contributed by atoms with Crippen molar-refractivity contribution in [1.82, 2.24) is 0 Å². The molecule has 23 heavy (non-hydrogen) atoms. The monoisotopic (exact) mass is 307 g/mol. The van der Waals surface area contributed by atoms with Gasteiger partial charge in [-0.2, -0.15) is 0 Å². The van der Waals surface area contributed by atoms with Gasteiger partial charge in [0.25, 0.3) is 5.91 Å². The van der Waals surface area contributed by atoms with Gasteiger partial charge >= 0.3 is 0 Å². The van der Waals surface area contributed by atoms with Crippen LogP contribution in [0, 0.1) is 6.92 Å². The summed E-state index contributed by atoms with van der Waals surface area (Å²) in [7, 11) is 0. The first-order chi connectivity index (χ1) is 11.0. The summed E-state index contributed by atoms with van der Waals surface area (Å²) in [6.07, 6.45) is 0. The molecular weight excluding hydrogens is 290 g/mol. The fourth-order valence-corrected chi connectivity index (χ4v) is 2.89. The van der Waals surface area contributed by atoms with E-state index < -0.39 is 17.7 Å². The van der Waals surface area contributed by atoms with E-state index in [1.807, 2.05) is 61.5 Å². The molecule has 0 aliphatic carbocycles. The normalized spacial score (nSPS) is 17.7. The number of rotatable bonds is 3. The van der Waals surface area contributed by atoms with E-state index in [1.54, 1.807) is 0 Å². The van der Waals surface area contributed by atoms with E-state index in [9.17, 15) is 14.7 Å². The lowest BCUT2D eigenvalue weighted by molar-refractivity contribution is -0.117. The van der Waals surface area contributed by atoms with Crippen LogP contribution in [0.25, 0.3) is 0 Å². The third kappa shape index (κ3) is 2.52. The lowest BCUT2D eigenvalue weighted by atomic mass is 9.96. The van der Waals surface area contributed by atoms with Gasteiger partial charge in [-0.15, -0.1) is 0 Å². The van der Waals surface area contributed by atoms with E-state index in [0.717, 1.165) is 11.1 Å². The first-order valence-corrected chi connectivity index (χ1v) is 7.40. The lowest BCUT2D eigenvalue weighted by Gasteiger charge is -2.26. The molecule has 1 atom stereocenters. The molecule has 2 aromatic rings. The van der Waals surface area contributed by atoms with Crippen LogP contribution < -0.4 is 4.90 Å². The molecule has 4 heteroatoms. The topological polar surface area (TPSA) is 57.6 Å². The molecule has 0 spiro atoms. The van der Waals surface area contributed by atoms with Crippen LogP contribution in [-0.4, -0.2) is 16.8 Å². The average Bonchev–Trinajstić information content (AvgIpc) is 2.81. The molecule has 1 aliphatic heterocycles. The van der Waals surface area contributed by atoms with Gasteiger partial charge in [0.2, 0.25) is 0 Å². The van der Waals surface area contributed by atoms with E-state index in [2.05, 4.69) is 0 Å². The second-order valence-electron chi connectivity index (χ2n) is 5.64. The van der Waals surface area contributed by atoms with Crippen LogP contribution in [0.1, 0.15) is 24.1 Å². The van der Waals surface area contributed by atoms with Gasteiger partial charge in [-0.05, 0) is 31.5 Å². The maximum absolute atomic E-state index is 12.6. The maximum atomic E-state index is 12.6. The van der Waals surface area contributed by atoms with Crippen molar-refractivity contribution >= 4 is 17.4 Å². The summed E-state index contributed by atoms with van der Waals surface area (Å²) >= 11 is 0. The minimum atomic E-state index is -0.607. The molecule has 1 aliphatic rings. The molecule has 0 unspecified atom stereocenters. The number of benzene rings is 2. The molecule has 1 amide bonds. The summed E-state index contributed by atoms with van der Waals surface area (Å²) in [6, 6.07) is 16.1. The number of hydrogen-bond acceptors (Lipinski definition) is 3. The quantitative estimate of drug-likeness (QED) is 0.944. The molecule has 0 saturated carbocycles. The number of nitrogens with zero attached hydrogens (tertiary/aromatic N) is 1. The highest BCUT2D eigenvalue weighted by Crippen LogP contribution is 2.40. The first kappa shape index (κ1) is 15.0. The Labute approximate surface area is 134 Å². The van der Waals surface area contributed by atoms with Crippen molar-refractivity contribution in [2.75, 3.05) is 4.90 Å². The van der Waals surface area contributed by atoms with E-state index in [0.29, 0.717) is 5.69 Å². The molecular formula is C19H17NO3. The Kier molecular flexibility index (Phi) is 3.74. The van der Waals surface area contributed by atoms with Crippen LogP contribution >= 0.6 is 0 Å². The second kappa shape index (κ2) is 5.72. The Morgan fingerprint density at radius 2 is 1.65 bits per heavy atom. The number of hydrogen-bond donors (Lipinski definition) is 1. The number of aliphatic hydroxyl groups excluding tert-OH is 1. The Morgan fingerprint density at radius 1 is 1.04 bits per heavy atom. The molecule has 2 aromatic carbocycles. The molecule has 3 rings (SSSR count). The number of Topliss-reactive ketones (excluding diaryl/α,β-unsaturated/α-hetero) is 1. The Balaban J connectivity index is 2.16. The van der Waals surface area contributed by atoms with Gasteiger partial charge in [-0.3, -0.25) is 14.5 Å². The highest BCUT2D eigenvalue weighted by molar-refractivity contribution is 6.16. The van der Waals surface area contributed by atoms with Gasteiger partial charge in [-0.25, -0.2) is 0 Å². The summed E-state index contributed by atoms with van der Waals surface area (Å²) in [5.41, 5.74) is 2.65. The van der Waals surface area contributed by atoms with Crippen LogP contribution in [0.2, 0.25) is 0 Å². The van der Waals surface area contributed by atoms with Crippen LogP contribution in [0.5, 0.6) is 0 Å². The maximum Gasteiger partial charge on any atom is 0.294 e. The number of anilines is 1. The zero-order valence-corrected chi connectivity index (χ0v) is 13.0. The number of carbonyl (C=O) groups is 2. The summed E-state index contributed by atoms with van der Waals surface area (Å²) in [6.45, 7) is 3.33. The third-order valence-electron chi connectivity index (χ3n) is 4.01. The average molecular weight is 307 g/mol. The number of aliphatic hydroxyl groups is 1. The van der Waals surface area contributed by atoms with Crippen LogP contribution in [-0.2, 0) is 9.59 Å². The standard InChI is InChI=1S/C19H17NO3/c1-12-8-10-15(11-9-12)20-17(14-6-4-3-5-7-14)16(13(2)21)18(22)19(20)23/h3-11,17,22H,1-2H3/t17-/m0/s1. The highest BCUT2D eigenvalue weighted by atomic mass is 16.3. The molecule has 0 fully saturated rings. The summed E-state index contributed by atoms with van der Waals surface area (Å²) < 4.78 is 0. The molecule has 0 aromatic heterocycles. The molecule has 0 radical (unpaired) electrons. The van der Waals surface area contributed by atoms with Gasteiger partial charge in [0.15, 0.2) is 11.5 Å². The minimum absolute atomic E-state index is 0.141. The molecule has 1 heterocycles. The Morgan fingerprint density at radius 3 is 2.22 bits per heavy atom. The number of ketones is 1. The molecule has 116 valence electrons. The SMILES string of the molecule is CC(=O)C1=C(O)C(=O)N(c2ccc(C)cc2)[C@H]1c1ccccc1. The van der Waals surface area contributed by atoms with Gasteiger partial charge in [0.1, 0.15) is 0 Å². The zero-order valence-electron chi connectivity index (χ0n) is 13.0. The van der Waals surface area contributed by atoms with E-state index in [4.69, 9.17) is 0 Å². The molecule has 1 N–H and O–H groups in total. The van der Waals surface area contributed by atoms with Crippen molar-refractivity contribution in [3.05, 3.63) is 77.1 Å². The third-order valence-corrected chi connectivity index (χ3v) is 4.01. The van der Waals surface area contributed by atoms with Crippen LogP contribution in [0.15, 0.2) is 65.9 Å². The molecule has 0 saturated heterocycles. The smallest absolute Gasteiger partial charge is 0.294 e. The van der Waals surface area contributed by atoms with Crippen molar-refractivity contribution in [1.29, 1.82) is 0 Å². The largest absolute Gasteiger partial charge is 0.503 e. The second-order valence-corrected chi connectivity index (χ2v) is 5.64. The van der Waals surface area contributed by atoms with Crippen molar-refractivity contribution in [2.24, 2.45) is 0 Å². The molecule has 0 bridgehead atoms. The predicted molar refractivity (Wildman–Crippen MR) is 88.2 cm³/mol. The Hall–Kier alpha value is -2.88. The van der Waals surface area contributed by atoms with Gasteiger partial charge in [0.05, 0.1) is 11.6 Å². The summed E-state index contributed by atoms with van der Waals surface area (Å²) in [5, 5.41) is 10.2. The van der Waals surface area contributed by atoms with Crippen molar-refractivity contribution < 1.29 is 14.7 Å². The van der Waals surface area contributed by atoms with E-state index in [-0.39, 0.29) is 11.4 Å². The molecule has 4 nitrogen and oxygen atoms in total. The minimum Gasteiger partial charge on any atom is -0.503 e. The number of amides is 1. The van der Waals surface area contributed by atoms with E-state index in [1.165, 1.54) is 11.8 Å². The lowest BCUT2D eigenvalue weighted by Crippen LogP contribution is -2.30. The van der Waals surface area contributed by atoms with Gasteiger partial charge in [-0.1, -0.05) is 48.0 Å². The first-order valence-electron chi connectivity index (χ1n) is 7.40. The fourth-order valence-electron chi connectivity index (χ4n) is 2.89. The van der Waals surface area contributed by atoms with Crippen molar-refractivity contribution in [3.8, 4) is 0 Å². The van der Waals surface area contributed by atoms with Crippen molar-refractivity contribution in [2.45, 2.75) is 19.9 Å². The van der Waals surface area contributed by atoms with Gasteiger partial charge in [0, 0.05) is 5.69 Å². The van der Waals surface area contributed by atoms with Crippen LogP contribution in [0.4, 0.5) is 5.69 Å². The predicted octanol–water partition coefficient (Wildman–Crippen LogP) is 3.48. The fraction of sp³-hybridized carbons (Fsp3) is 0.158. The Bertz CT molecular complexity index is 791. The van der Waals surface area contributed by atoms with E-state index >= 15 is 0 Å². The van der Waals surface area contributed by atoms with Crippen molar-refractivity contribution in [3.63, 3.8) is 0 Å². The number of carbonyl (C=O) groups excluding carboxylic acids is 2. The highest BCUT2D eigenvalue weighted by Gasteiger charge is 2.43. The zero-order chi connectivity index (χ0) is 16.6. The summed E-state index contributed by atoms with van der Waals surface area (Å²) in [5.74, 6) is -1.32. The van der Waals surface area contributed by atoms with Gasteiger partial charge < -0.3 is 5.11 Å². The number of aryl methyl sites for hydroxylation is 1. The van der Waals surface area contributed by atoms with Crippen LogP contribution in [0.3, 0.4) is 0 Å².